The number of carbonyl (C=O) groups is 2. The van der Waals surface area contributed by atoms with Gasteiger partial charge in [-0.1, -0.05) is 0 Å². The van der Waals surface area contributed by atoms with Crippen LogP contribution in [-0.4, -0.2) is 24.6 Å². The largest absolute Gasteiger partial charge is 0.496 e. The number of nitrogens with one attached hydrogen (secondary N) is 1. The molecule has 6 heteroatoms. The van der Waals surface area contributed by atoms with Crippen molar-refractivity contribution in [3.63, 3.8) is 0 Å². The second kappa shape index (κ2) is 4.96. The van der Waals surface area contributed by atoms with Crippen molar-refractivity contribution < 1.29 is 19.4 Å². The summed E-state index contributed by atoms with van der Waals surface area (Å²) in [7, 11) is 1.37. The van der Waals surface area contributed by atoms with Gasteiger partial charge in [0.15, 0.2) is 0 Å². The predicted octanol–water partition coefficient (Wildman–Crippen LogP) is 1.57. The van der Waals surface area contributed by atoms with Crippen LogP contribution in [0.2, 0.25) is 0 Å². The Bertz CT molecular complexity index is 405. The number of hydrogen-bond acceptors (Lipinski definition) is 3. The molecule has 0 saturated carbocycles. The van der Waals surface area contributed by atoms with E-state index in [0.717, 1.165) is 0 Å². The van der Waals surface area contributed by atoms with Crippen molar-refractivity contribution in [3.05, 3.63) is 21.3 Å². The van der Waals surface area contributed by atoms with Crippen LogP contribution < -0.4 is 10.1 Å². The van der Waals surface area contributed by atoms with Crippen LogP contribution in [0.1, 0.15) is 10.4 Å². The van der Waals surface area contributed by atoms with Crippen LogP contribution in [0.5, 0.6) is 5.75 Å². The Hall–Kier alpha value is -1.31. The molecule has 0 aromatic heterocycles. The minimum Gasteiger partial charge on any atom is -0.496 e. The smallest absolute Gasteiger partial charge is 0.339 e. The molecule has 0 fully saturated rings. The SMILES string of the molecule is COc1cc(NC=O)c(I)cc1C(=O)O. The van der Waals surface area contributed by atoms with Crippen molar-refractivity contribution in [2.24, 2.45) is 0 Å². The number of ether oxygens (including phenoxy) is 1. The molecule has 1 aromatic carbocycles. The van der Waals surface area contributed by atoms with Gasteiger partial charge < -0.3 is 15.2 Å². The van der Waals surface area contributed by atoms with Gasteiger partial charge in [0, 0.05) is 9.64 Å². The average Bonchev–Trinajstić information content (AvgIpc) is 2.20. The standard InChI is InChI=1S/C9H8INO4/c1-15-8-3-7(11-4-12)6(10)2-5(8)9(13)14/h2-4H,1H3,(H,11,12)(H,13,14). The first kappa shape index (κ1) is 11.8. The van der Waals surface area contributed by atoms with E-state index in [0.29, 0.717) is 15.7 Å². The van der Waals surface area contributed by atoms with Crippen molar-refractivity contribution >= 4 is 40.7 Å². The number of methoxy groups -OCH3 is 1. The van der Waals surface area contributed by atoms with E-state index in [-0.39, 0.29) is 11.3 Å². The predicted molar refractivity (Wildman–Crippen MR) is 62.4 cm³/mol. The zero-order valence-electron chi connectivity index (χ0n) is 7.78. The summed E-state index contributed by atoms with van der Waals surface area (Å²) in [6.45, 7) is 0. The van der Waals surface area contributed by atoms with E-state index in [1.165, 1.54) is 19.2 Å². The summed E-state index contributed by atoms with van der Waals surface area (Å²) in [5.41, 5.74) is 0.589. The number of benzene rings is 1. The molecule has 0 bridgehead atoms. The summed E-state index contributed by atoms with van der Waals surface area (Å²) in [5, 5.41) is 11.3. The van der Waals surface area contributed by atoms with E-state index in [1.807, 2.05) is 22.6 Å². The third kappa shape index (κ3) is 2.58. The van der Waals surface area contributed by atoms with Crippen LogP contribution in [0.25, 0.3) is 0 Å². The van der Waals surface area contributed by atoms with E-state index >= 15 is 0 Å². The first-order valence-electron chi connectivity index (χ1n) is 3.91. The van der Waals surface area contributed by atoms with Gasteiger partial charge in [0.25, 0.3) is 0 Å². The second-order valence-electron chi connectivity index (χ2n) is 2.60. The topological polar surface area (TPSA) is 75.6 Å². The molecule has 0 unspecified atom stereocenters. The molecule has 1 amide bonds. The first-order chi connectivity index (χ1) is 7.10. The molecule has 0 aliphatic carbocycles. The normalized spacial score (nSPS) is 9.47. The van der Waals surface area contributed by atoms with Crippen LogP contribution in [0.3, 0.4) is 0 Å². The maximum absolute atomic E-state index is 10.8. The van der Waals surface area contributed by atoms with Crippen molar-refractivity contribution in [2.45, 2.75) is 0 Å². The summed E-state index contributed by atoms with van der Waals surface area (Å²) in [5.74, 6) is -0.852. The van der Waals surface area contributed by atoms with Crippen LogP contribution in [0, 0.1) is 3.57 Å². The fourth-order valence-corrected chi connectivity index (χ4v) is 1.69. The average molecular weight is 321 g/mol. The Labute approximate surface area is 99.6 Å². The number of carbonyl (C=O) groups excluding carboxylic acids is 1. The molecule has 0 heterocycles. The Kier molecular flexibility index (Phi) is 3.89. The lowest BCUT2D eigenvalue weighted by atomic mass is 10.2. The molecule has 0 saturated heterocycles. The van der Waals surface area contributed by atoms with E-state index in [4.69, 9.17) is 9.84 Å². The fraction of sp³-hybridized carbons (Fsp3) is 0.111. The fourth-order valence-electron chi connectivity index (χ4n) is 1.06. The lowest BCUT2D eigenvalue weighted by molar-refractivity contribution is -0.105. The van der Waals surface area contributed by atoms with Crippen molar-refractivity contribution in [1.82, 2.24) is 0 Å². The van der Waals surface area contributed by atoms with Gasteiger partial charge in [-0.25, -0.2) is 4.79 Å². The third-order valence-electron chi connectivity index (χ3n) is 1.73. The number of amides is 1. The van der Waals surface area contributed by atoms with Gasteiger partial charge in [0.2, 0.25) is 6.41 Å². The van der Waals surface area contributed by atoms with Crippen LogP contribution in [0.15, 0.2) is 12.1 Å². The summed E-state index contributed by atoms with van der Waals surface area (Å²) in [6.07, 6.45) is 0.525. The number of carboxylic acid groups (broad SMARTS) is 1. The van der Waals surface area contributed by atoms with E-state index in [1.54, 1.807) is 0 Å². The molecule has 2 N–H and O–H groups in total. The third-order valence-corrected chi connectivity index (χ3v) is 2.63. The molecule has 0 aliphatic heterocycles. The Balaban J connectivity index is 3.28. The summed E-state index contributed by atoms with van der Waals surface area (Å²) in [4.78, 5) is 21.1. The van der Waals surface area contributed by atoms with Gasteiger partial charge in [0.05, 0.1) is 12.8 Å². The van der Waals surface area contributed by atoms with Gasteiger partial charge in [-0.3, -0.25) is 4.79 Å². The molecule has 0 aliphatic rings. The summed E-state index contributed by atoms with van der Waals surface area (Å²) in [6, 6.07) is 2.91. The molecule has 5 nitrogen and oxygen atoms in total. The second-order valence-corrected chi connectivity index (χ2v) is 3.76. The molecule has 0 spiro atoms. The molecule has 1 aromatic rings. The van der Waals surface area contributed by atoms with Crippen LogP contribution in [0.4, 0.5) is 5.69 Å². The highest BCUT2D eigenvalue weighted by Gasteiger charge is 2.14. The quantitative estimate of drug-likeness (QED) is 0.652. The molecule has 0 radical (unpaired) electrons. The first-order valence-corrected chi connectivity index (χ1v) is 4.99. The number of anilines is 1. The Morgan fingerprint density at radius 2 is 2.27 bits per heavy atom. The zero-order chi connectivity index (χ0) is 11.4. The molecular formula is C9H8INO4. The molecule has 1 rings (SSSR count). The van der Waals surface area contributed by atoms with Gasteiger partial charge in [-0.05, 0) is 28.7 Å². The lowest BCUT2D eigenvalue weighted by Gasteiger charge is -2.09. The van der Waals surface area contributed by atoms with Gasteiger partial charge >= 0.3 is 5.97 Å². The zero-order valence-corrected chi connectivity index (χ0v) is 9.94. The van der Waals surface area contributed by atoms with Gasteiger partial charge in [-0.15, -0.1) is 0 Å². The lowest BCUT2D eigenvalue weighted by Crippen LogP contribution is -2.04. The monoisotopic (exact) mass is 321 g/mol. The maximum Gasteiger partial charge on any atom is 0.339 e. The molecule has 0 atom stereocenters. The molecule has 15 heavy (non-hydrogen) atoms. The van der Waals surface area contributed by atoms with E-state index in [2.05, 4.69) is 5.32 Å². The summed E-state index contributed by atoms with van der Waals surface area (Å²) < 4.78 is 5.55. The van der Waals surface area contributed by atoms with Gasteiger partial charge in [0.1, 0.15) is 11.3 Å². The number of hydrogen-bond donors (Lipinski definition) is 2. The highest BCUT2D eigenvalue weighted by Crippen LogP contribution is 2.28. The number of carboxylic acids is 1. The number of halogens is 1. The number of rotatable bonds is 4. The van der Waals surface area contributed by atoms with Crippen molar-refractivity contribution in [2.75, 3.05) is 12.4 Å². The van der Waals surface area contributed by atoms with Crippen LogP contribution >= 0.6 is 22.6 Å². The van der Waals surface area contributed by atoms with Gasteiger partial charge in [-0.2, -0.15) is 0 Å². The number of aromatic carboxylic acids is 1. The molecular weight excluding hydrogens is 313 g/mol. The maximum atomic E-state index is 10.8. The highest BCUT2D eigenvalue weighted by molar-refractivity contribution is 14.1. The van der Waals surface area contributed by atoms with Crippen molar-refractivity contribution in [1.29, 1.82) is 0 Å². The summed E-state index contributed by atoms with van der Waals surface area (Å²) >= 11 is 1.94. The Morgan fingerprint density at radius 3 is 2.73 bits per heavy atom. The molecule has 80 valence electrons. The van der Waals surface area contributed by atoms with E-state index in [9.17, 15) is 9.59 Å². The minimum atomic E-state index is -1.07. The van der Waals surface area contributed by atoms with Crippen LogP contribution in [-0.2, 0) is 4.79 Å². The van der Waals surface area contributed by atoms with Crippen molar-refractivity contribution in [3.8, 4) is 5.75 Å². The minimum absolute atomic E-state index is 0.0679. The Morgan fingerprint density at radius 1 is 1.60 bits per heavy atom. The van der Waals surface area contributed by atoms with E-state index < -0.39 is 5.97 Å². The highest BCUT2D eigenvalue weighted by atomic mass is 127.